The summed E-state index contributed by atoms with van der Waals surface area (Å²) >= 11 is 0. The van der Waals surface area contributed by atoms with Gasteiger partial charge in [-0.15, -0.1) is 0 Å². The molecule has 0 aromatic rings. The molecule has 0 unspecified atom stereocenters. The molecule has 6 atom stereocenters. The van der Waals surface area contributed by atoms with Gasteiger partial charge in [-0.05, 0) is 62.9 Å². The summed E-state index contributed by atoms with van der Waals surface area (Å²) in [4.78, 5) is 23.7. The third-order valence-electron chi connectivity index (χ3n) is 7.14. The van der Waals surface area contributed by atoms with Crippen molar-refractivity contribution in [1.29, 1.82) is 0 Å². The molecule has 120 valence electrons. The Bertz CT molecular complexity index is 549. The quantitative estimate of drug-likeness (QED) is 0.746. The number of hydrogen-bond donors (Lipinski definition) is 0. The van der Waals surface area contributed by atoms with Crippen LogP contribution in [0.3, 0.4) is 0 Å². The molecule has 1 saturated heterocycles. The predicted octanol–water partition coefficient (Wildman–Crippen LogP) is 3.32. The molecule has 4 aliphatic rings. The standard InChI is InChI=1S/C19H26O3/c1-11(20)17-10-22-18-16-5-3-12-9-13(21)4-6-14(12)15(16)7-8-19(17,18)2/h9,14-18H,3-8,10H2,1-2H3/t14-,15+,16+,17+,18-,19+/m0/s1. The van der Waals surface area contributed by atoms with Crippen LogP contribution < -0.4 is 0 Å². The highest BCUT2D eigenvalue weighted by Gasteiger charge is 2.58. The number of carbonyl (C=O) groups is 2. The van der Waals surface area contributed by atoms with Crippen molar-refractivity contribution in [2.75, 3.05) is 6.61 Å². The minimum absolute atomic E-state index is 0.0404. The Kier molecular flexibility index (Phi) is 3.34. The zero-order valence-corrected chi connectivity index (χ0v) is 13.6. The van der Waals surface area contributed by atoms with Gasteiger partial charge in [0.15, 0.2) is 5.78 Å². The van der Waals surface area contributed by atoms with Gasteiger partial charge < -0.3 is 4.74 Å². The van der Waals surface area contributed by atoms with E-state index < -0.39 is 0 Å². The number of rotatable bonds is 1. The molecule has 0 radical (unpaired) electrons. The van der Waals surface area contributed by atoms with Crippen molar-refractivity contribution in [2.24, 2.45) is 29.1 Å². The van der Waals surface area contributed by atoms with Crippen LogP contribution >= 0.6 is 0 Å². The first kappa shape index (κ1) is 14.6. The van der Waals surface area contributed by atoms with Gasteiger partial charge in [-0.3, -0.25) is 9.59 Å². The van der Waals surface area contributed by atoms with E-state index >= 15 is 0 Å². The summed E-state index contributed by atoms with van der Waals surface area (Å²) in [6.07, 6.45) is 8.41. The van der Waals surface area contributed by atoms with Crippen LogP contribution in [0.4, 0.5) is 0 Å². The molecule has 0 aromatic heterocycles. The van der Waals surface area contributed by atoms with Crippen molar-refractivity contribution >= 4 is 11.6 Å². The molecule has 4 rings (SSSR count). The highest BCUT2D eigenvalue weighted by molar-refractivity contribution is 5.91. The van der Waals surface area contributed by atoms with Crippen molar-refractivity contribution in [3.05, 3.63) is 11.6 Å². The van der Waals surface area contributed by atoms with Crippen LogP contribution in [-0.4, -0.2) is 24.3 Å². The molecule has 3 fully saturated rings. The monoisotopic (exact) mass is 302 g/mol. The van der Waals surface area contributed by atoms with E-state index in [0.29, 0.717) is 35.9 Å². The average molecular weight is 302 g/mol. The second-order valence-corrected chi connectivity index (χ2v) is 8.16. The van der Waals surface area contributed by atoms with Gasteiger partial charge in [-0.1, -0.05) is 12.5 Å². The van der Waals surface area contributed by atoms with Crippen LogP contribution in [0, 0.1) is 29.1 Å². The van der Waals surface area contributed by atoms with Crippen LogP contribution in [0.5, 0.6) is 0 Å². The molecule has 1 heterocycles. The highest BCUT2D eigenvalue weighted by Crippen LogP contribution is 2.59. The lowest BCUT2D eigenvalue weighted by Crippen LogP contribution is -2.50. The van der Waals surface area contributed by atoms with Crippen molar-refractivity contribution in [3.8, 4) is 0 Å². The number of allylic oxidation sites excluding steroid dienone is 2. The van der Waals surface area contributed by atoms with E-state index in [-0.39, 0.29) is 17.4 Å². The topological polar surface area (TPSA) is 43.4 Å². The van der Waals surface area contributed by atoms with Crippen molar-refractivity contribution in [1.82, 2.24) is 0 Å². The smallest absolute Gasteiger partial charge is 0.155 e. The summed E-state index contributed by atoms with van der Waals surface area (Å²) in [5, 5.41) is 0. The number of hydrogen-bond acceptors (Lipinski definition) is 3. The van der Waals surface area contributed by atoms with Gasteiger partial charge in [-0.2, -0.15) is 0 Å². The van der Waals surface area contributed by atoms with Gasteiger partial charge >= 0.3 is 0 Å². The number of carbonyl (C=O) groups excluding carboxylic acids is 2. The average Bonchev–Trinajstić information content (AvgIpc) is 2.84. The zero-order valence-electron chi connectivity index (χ0n) is 13.6. The van der Waals surface area contributed by atoms with Crippen LogP contribution in [0.25, 0.3) is 0 Å². The van der Waals surface area contributed by atoms with Gasteiger partial charge in [-0.25, -0.2) is 0 Å². The Labute approximate surface area is 132 Å². The summed E-state index contributed by atoms with van der Waals surface area (Å²) in [6.45, 7) is 4.62. The Morgan fingerprint density at radius 1 is 1.23 bits per heavy atom. The van der Waals surface area contributed by atoms with E-state index in [2.05, 4.69) is 6.92 Å². The summed E-state index contributed by atoms with van der Waals surface area (Å²) < 4.78 is 6.20. The Morgan fingerprint density at radius 3 is 2.82 bits per heavy atom. The Balaban J connectivity index is 1.62. The van der Waals surface area contributed by atoms with Gasteiger partial charge in [0, 0.05) is 17.8 Å². The number of ether oxygens (including phenoxy) is 1. The van der Waals surface area contributed by atoms with E-state index in [1.807, 2.05) is 6.08 Å². The van der Waals surface area contributed by atoms with E-state index in [4.69, 9.17) is 4.74 Å². The fraction of sp³-hybridized carbons (Fsp3) is 0.789. The zero-order chi connectivity index (χ0) is 15.5. The second kappa shape index (κ2) is 5.02. The van der Waals surface area contributed by atoms with Crippen LogP contribution in [0.15, 0.2) is 11.6 Å². The number of Topliss-reactive ketones (excluding diaryl/α,β-unsaturated/α-hetero) is 1. The third kappa shape index (κ3) is 1.97. The molecule has 0 spiro atoms. The summed E-state index contributed by atoms with van der Waals surface area (Å²) in [5.41, 5.74) is 1.45. The molecule has 0 N–H and O–H groups in total. The normalized spacial score (nSPS) is 47.3. The molecule has 22 heavy (non-hydrogen) atoms. The first-order valence-corrected chi connectivity index (χ1v) is 8.86. The van der Waals surface area contributed by atoms with Crippen molar-refractivity contribution in [2.45, 2.75) is 58.5 Å². The molecule has 3 heteroatoms. The first-order chi connectivity index (χ1) is 10.5. The van der Waals surface area contributed by atoms with E-state index in [1.54, 1.807) is 6.92 Å². The molecule has 2 saturated carbocycles. The van der Waals surface area contributed by atoms with Gasteiger partial charge in [0.1, 0.15) is 5.78 Å². The Hall–Kier alpha value is -0.960. The largest absolute Gasteiger partial charge is 0.377 e. The summed E-state index contributed by atoms with van der Waals surface area (Å²) in [5.74, 6) is 2.54. The molecular weight excluding hydrogens is 276 g/mol. The molecule has 1 aliphatic heterocycles. The molecular formula is C19H26O3. The molecule has 3 aliphatic carbocycles. The maximum Gasteiger partial charge on any atom is 0.155 e. The van der Waals surface area contributed by atoms with E-state index in [0.717, 1.165) is 32.1 Å². The second-order valence-electron chi connectivity index (χ2n) is 8.16. The summed E-state index contributed by atoms with van der Waals surface area (Å²) in [7, 11) is 0. The van der Waals surface area contributed by atoms with Gasteiger partial charge in [0.05, 0.1) is 12.7 Å². The lowest BCUT2D eigenvalue weighted by molar-refractivity contribution is -0.126. The van der Waals surface area contributed by atoms with Crippen LogP contribution in [-0.2, 0) is 14.3 Å². The summed E-state index contributed by atoms with van der Waals surface area (Å²) in [6, 6.07) is 0. The van der Waals surface area contributed by atoms with Crippen LogP contribution in [0.1, 0.15) is 52.4 Å². The fourth-order valence-electron chi connectivity index (χ4n) is 6.02. The van der Waals surface area contributed by atoms with E-state index in [9.17, 15) is 9.59 Å². The Morgan fingerprint density at radius 2 is 2.05 bits per heavy atom. The maximum absolute atomic E-state index is 12.0. The third-order valence-corrected chi connectivity index (χ3v) is 7.14. The highest BCUT2D eigenvalue weighted by atomic mass is 16.5. The van der Waals surface area contributed by atoms with E-state index in [1.165, 1.54) is 12.0 Å². The lowest BCUT2D eigenvalue weighted by Gasteiger charge is -2.52. The molecule has 0 aromatic carbocycles. The minimum Gasteiger partial charge on any atom is -0.377 e. The van der Waals surface area contributed by atoms with Gasteiger partial charge in [0.25, 0.3) is 0 Å². The molecule has 3 nitrogen and oxygen atoms in total. The predicted molar refractivity (Wildman–Crippen MR) is 83.3 cm³/mol. The van der Waals surface area contributed by atoms with Gasteiger partial charge in [0.2, 0.25) is 0 Å². The van der Waals surface area contributed by atoms with Crippen LogP contribution in [0.2, 0.25) is 0 Å². The minimum atomic E-state index is 0.0404. The maximum atomic E-state index is 12.0. The fourth-order valence-corrected chi connectivity index (χ4v) is 6.02. The molecule has 0 bridgehead atoms. The SMILES string of the molecule is CC(=O)[C@H]1CO[C@H]2[C@@H]3CCC4=CC(=O)CC[C@@H]4[C@H]3CC[C@]12C. The first-order valence-electron chi connectivity index (χ1n) is 8.86. The van der Waals surface area contributed by atoms with Crippen molar-refractivity contribution < 1.29 is 14.3 Å². The van der Waals surface area contributed by atoms with Crippen molar-refractivity contribution in [3.63, 3.8) is 0 Å². The number of ketones is 2. The molecule has 0 amide bonds. The number of fused-ring (bicyclic) bond motifs is 5. The lowest BCUT2D eigenvalue weighted by atomic mass is 9.53.